The van der Waals surface area contributed by atoms with Crippen LogP contribution in [0.2, 0.25) is 5.02 Å². The first kappa shape index (κ1) is 16.4. The predicted octanol–water partition coefficient (Wildman–Crippen LogP) is 3.01. The zero-order chi connectivity index (χ0) is 17.1. The molecule has 124 valence electrons. The fraction of sp³-hybridized carbons (Fsp3) is 0.176. The minimum atomic E-state index is -1.03. The molecule has 0 saturated heterocycles. The lowest BCUT2D eigenvalue weighted by Gasteiger charge is -2.12. The van der Waals surface area contributed by atoms with E-state index in [1.54, 1.807) is 6.07 Å². The van der Waals surface area contributed by atoms with Gasteiger partial charge in [0.1, 0.15) is 11.5 Å². The van der Waals surface area contributed by atoms with Gasteiger partial charge in [-0.1, -0.05) is 35.0 Å². The molecular weight excluding hydrogens is 335 g/mol. The van der Waals surface area contributed by atoms with Crippen LogP contribution < -0.4 is 5.32 Å². The lowest BCUT2D eigenvalue weighted by atomic mass is 10.1. The van der Waals surface area contributed by atoms with Crippen LogP contribution in [0, 0.1) is 5.82 Å². The van der Waals surface area contributed by atoms with Crippen LogP contribution >= 0.6 is 11.6 Å². The van der Waals surface area contributed by atoms with Gasteiger partial charge >= 0.3 is 0 Å². The second-order valence-electron chi connectivity index (χ2n) is 5.30. The summed E-state index contributed by atoms with van der Waals surface area (Å²) in [7, 11) is 0. The van der Waals surface area contributed by atoms with Gasteiger partial charge in [0.25, 0.3) is 0 Å². The maximum Gasteiger partial charge on any atom is 0.226 e. The van der Waals surface area contributed by atoms with Crippen LogP contribution in [-0.4, -0.2) is 22.7 Å². The van der Waals surface area contributed by atoms with Crippen molar-refractivity contribution < 1.29 is 18.8 Å². The monoisotopic (exact) mass is 348 g/mol. The quantitative estimate of drug-likeness (QED) is 0.743. The van der Waals surface area contributed by atoms with E-state index in [2.05, 4.69) is 10.5 Å². The number of benzene rings is 2. The molecule has 1 heterocycles. The molecule has 0 radical (unpaired) electrons. The smallest absolute Gasteiger partial charge is 0.226 e. The maximum absolute atomic E-state index is 13.4. The zero-order valence-corrected chi connectivity index (χ0v) is 13.3. The molecule has 0 bridgehead atoms. The number of para-hydroxylation sites is 1. The van der Waals surface area contributed by atoms with Gasteiger partial charge in [0.05, 0.1) is 17.5 Å². The first-order valence-corrected chi connectivity index (χ1v) is 7.65. The minimum absolute atomic E-state index is 0.0205. The van der Waals surface area contributed by atoms with Crippen LogP contribution in [-0.2, 0) is 11.2 Å². The van der Waals surface area contributed by atoms with E-state index in [0.717, 1.165) is 11.5 Å². The molecule has 2 N–H and O–H groups in total. The molecule has 0 spiro atoms. The Morgan fingerprint density at radius 1 is 1.33 bits per heavy atom. The molecule has 0 aliphatic rings. The van der Waals surface area contributed by atoms with Crippen LogP contribution in [0.4, 0.5) is 4.39 Å². The highest BCUT2D eigenvalue weighted by Crippen LogP contribution is 2.20. The first-order chi connectivity index (χ1) is 11.5. The van der Waals surface area contributed by atoms with Crippen LogP contribution in [0.15, 0.2) is 47.0 Å². The summed E-state index contributed by atoms with van der Waals surface area (Å²) in [4.78, 5) is 12.0. The van der Waals surface area contributed by atoms with Crippen LogP contribution in [0.25, 0.3) is 11.0 Å². The summed E-state index contributed by atoms with van der Waals surface area (Å²) in [5.74, 6) is -0.934. The van der Waals surface area contributed by atoms with Gasteiger partial charge in [0.2, 0.25) is 5.91 Å². The molecule has 1 amide bonds. The molecule has 24 heavy (non-hydrogen) atoms. The molecule has 3 rings (SSSR count). The van der Waals surface area contributed by atoms with Crippen molar-refractivity contribution in [3.8, 4) is 0 Å². The number of carbonyl (C=O) groups is 1. The number of halogens is 2. The molecule has 0 fully saturated rings. The number of hydrogen-bond acceptors (Lipinski definition) is 4. The van der Waals surface area contributed by atoms with E-state index in [-0.39, 0.29) is 23.9 Å². The summed E-state index contributed by atoms with van der Waals surface area (Å²) in [6.45, 7) is -0.0459. The van der Waals surface area contributed by atoms with Crippen molar-refractivity contribution in [3.05, 3.63) is 64.6 Å². The van der Waals surface area contributed by atoms with E-state index in [1.165, 1.54) is 12.1 Å². The van der Waals surface area contributed by atoms with E-state index in [0.29, 0.717) is 16.8 Å². The van der Waals surface area contributed by atoms with Crippen molar-refractivity contribution in [1.82, 2.24) is 10.5 Å². The van der Waals surface area contributed by atoms with Gasteiger partial charge in [0, 0.05) is 11.9 Å². The molecule has 5 nitrogen and oxygen atoms in total. The molecule has 7 heteroatoms. The largest absolute Gasteiger partial charge is 0.387 e. The van der Waals surface area contributed by atoms with Crippen molar-refractivity contribution >= 4 is 28.5 Å². The van der Waals surface area contributed by atoms with Gasteiger partial charge in [-0.2, -0.15) is 0 Å². The number of amides is 1. The van der Waals surface area contributed by atoms with Crippen molar-refractivity contribution in [1.29, 1.82) is 0 Å². The first-order valence-electron chi connectivity index (χ1n) is 7.27. The maximum atomic E-state index is 13.4. The highest BCUT2D eigenvalue weighted by atomic mass is 35.5. The van der Waals surface area contributed by atoms with E-state index < -0.39 is 11.9 Å². The summed E-state index contributed by atoms with van der Waals surface area (Å²) < 4.78 is 18.5. The molecule has 0 aliphatic heterocycles. The van der Waals surface area contributed by atoms with E-state index in [1.807, 2.05) is 18.2 Å². The molecule has 0 saturated carbocycles. The Morgan fingerprint density at radius 2 is 2.12 bits per heavy atom. The number of rotatable bonds is 5. The SMILES string of the molecule is O=C(Cc1noc2ccccc12)NCC(O)c1ccc(Cl)c(F)c1. The molecule has 1 unspecified atom stereocenters. The highest BCUT2D eigenvalue weighted by Gasteiger charge is 2.15. The Bertz CT molecular complexity index is 881. The van der Waals surface area contributed by atoms with Crippen LogP contribution in [0.5, 0.6) is 0 Å². The Hall–Kier alpha value is -2.44. The third-order valence-corrected chi connectivity index (χ3v) is 3.91. The summed E-state index contributed by atoms with van der Waals surface area (Å²) in [5, 5.41) is 17.2. The number of nitrogens with one attached hydrogen (secondary N) is 1. The Morgan fingerprint density at radius 3 is 2.92 bits per heavy atom. The predicted molar refractivity (Wildman–Crippen MR) is 87.1 cm³/mol. The third-order valence-electron chi connectivity index (χ3n) is 3.60. The normalized spacial score (nSPS) is 12.3. The number of nitrogens with zero attached hydrogens (tertiary/aromatic N) is 1. The second-order valence-corrected chi connectivity index (χ2v) is 5.70. The zero-order valence-electron chi connectivity index (χ0n) is 12.5. The number of aliphatic hydroxyl groups excluding tert-OH is 1. The lowest BCUT2D eigenvalue weighted by molar-refractivity contribution is -0.121. The van der Waals surface area contributed by atoms with E-state index >= 15 is 0 Å². The van der Waals surface area contributed by atoms with Gasteiger partial charge in [-0.05, 0) is 29.8 Å². The Labute approximate surface area is 142 Å². The van der Waals surface area contributed by atoms with Gasteiger partial charge in [-0.25, -0.2) is 4.39 Å². The summed E-state index contributed by atoms with van der Waals surface area (Å²) in [6.07, 6.45) is -1.01. The fourth-order valence-corrected chi connectivity index (χ4v) is 2.45. The summed E-state index contributed by atoms with van der Waals surface area (Å²) in [6, 6.07) is 11.2. The van der Waals surface area contributed by atoms with Crippen molar-refractivity contribution in [2.75, 3.05) is 6.54 Å². The molecular formula is C17H14ClFN2O3. The molecule has 2 aromatic carbocycles. The number of aromatic nitrogens is 1. The van der Waals surface area contributed by atoms with Gasteiger partial charge in [-0.15, -0.1) is 0 Å². The summed E-state index contributed by atoms with van der Waals surface area (Å²) in [5.41, 5.74) is 1.47. The van der Waals surface area contributed by atoms with Gasteiger partial charge in [-0.3, -0.25) is 4.79 Å². The topological polar surface area (TPSA) is 75.4 Å². The number of aliphatic hydroxyl groups is 1. The van der Waals surface area contributed by atoms with Crippen molar-refractivity contribution in [2.24, 2.45) is 0 Å². The number of fused-ring (bicyclic) bond motifs is 1. The highest BCUT2D eigenvalue weighted by molar-refractivity contribution is 6.30. The molecule has 3 aromatic rings. The number of hydrogen-bond donors (Lipinski definition) is 2. The van der Waals surface area contributed by atoms with E-state index in [9.17, 15) is 14.3 Å². The van der Waals surface area contributed by atoms with Crippen LogP contribution in [0.3, 0.4) is 0 Å². The second kappa shape index (κ2) is 6.98. The Balaban J connectivity index is 1.60. The van der Waals surface area contributed by atoms with Gasteiger partial charge in [0.15, 0.2) is 5.58 Å². The minimum Gasteiger partial charge on any atom is -0.387 e. The molecule has 1 aromatic heterocycles. The van der Waals surface area contributed by atoms with Crippen molar-refractivity contribution in [2.45, 2.75) is 12.5 Å². The molecule has 1 atom stereocenters. The standard InChI is InChI=1S/C17H14ClFN2O3/c18-12-6-5-10(7-13(12)19)15(22)9-20-17(23)8-14-11-3-1-2-4-16(11)24-21-14/h1-7,15,22H,8-9H2,(H,20,23). The fourth-order valence-electron chi connectivity index (χ4n) is 2.33. The summed E-state index contributed by atoms with van der Waals surface area (Å²) >= 11 is 5.60. The third kappa shape index (κ3) is 3.55. The van der Waals surface area contributed by atoms with Crippen molar-refractivity contribution in [3.63, 3.8) is 0 Å². The Kier molecular flexibility index (Phi) is 4.78. The molecule has 0 aliphatic carbocycles. The number of carbonyl (C=O) groups excluding carboxylic acids is 1. The van der Waals surface area contributed by atoms with E-state index in [4.69, 9.17) is 16.1 Å². The average molecular weight is 349 g/mol. The average Bonchev–Trinajstić information content (AvgIpc) is 2.98. The van der Waals surface area contributed by atoms with Crippen LogP contribution in [0.1, 0.15) is 17.4 Å². The van der Waals surface area contributed by atoms with Gasteiger partial charge < -0.3 is 14.9 Å². The lowest BCUT2D eigenvalue weighted by Crippen LogP contribution is -2.29.